The minimum atomic E-state index is -0.338. The van der Waals surface area contributed by atoms with Gasteiger partial charge in [-0.05, 0) is 43.9 Å². The number of nitrogens with one attached hydrogen (secondary N) is 1. The second-order valence-corrected chi connectivity index (χ2v) is 5.92. The first kappa shape index (κ1) is 15.2. The number of esters is 1. The maximum atomic E-state index is 11.6. The lowest BCUT2D eigenvalue weighted by molar-refractivity contribution is 0.0601. The van der Waals surface area contributed by atoms with Gasteiger partial charge in [-0.2, -0.15) is 0 Å². The molecule has 1 N–H and O–H groups in total. The third-order valence-corrected chi connectivity index (χ3v) is 4.46. The van der Waals surface area contributed by atoms with Crippen LogP contribution in [0.2, 0.25) is 5.02 Å². The van der Waals surface area contributed by atoms with Crippen LogP contribution in [0.25, 0.3) is 0 Å². The Balaban J connectivity index is 2.09. The first-order valence-electron chi connectivity index (χ1n) is 7.26. The van der Waals surface area contributed by atoms with Crippen molar-refractivity contribution in [2.24, 2.45) is 5.92 Å². The van der Waals surface area contributed by atoms with E-state index in [1.54, 1.807) is 18.2 Å². The number of carbonyl (C=O) groups is 1. The second kappa shape index (κ2) is 6.98. The molecule has 0 aromatic heterocycles. The predicted octanol–water partition coefficient (Wildman–Crippen LogP) is 4.51. The quantitative estimate of drug-likeness (QED) is 0.831. The summed E-state index contributed by atoms with van der Waals surface area (Å²) in [6.07, 6.45) is 6.51. The van der Waals surface area contributed by atoms with E-state index < -0.39 is 0 Å². The average Bonchev–Trinajstić information content (AvgIpc) is 2.49. The number of methoxy groups -OCH3 is 1. The molecule has 4 heteroatoms. The molecule has 1 aromatic rings. The minimum absolute atomic E-state index is 0.338. The molecule has 0 bridgehead atoms. The molecule has 0 aliphatic heterocycles. The number of rotatable bonds is 4. The molecule has 0 saturated heterocycles. The summed E-state index contributed by atoms with van der Waals surface area (Å²) >= 11 is 6.21. The number of hydrogen-bond acceptors (Lipinski definition) is 3. The third kappa shape index (κ3) is 3.66. The summed E-state index contributed by atoms with van der Waals surface area (Å²) < 4.78 is 4.74. The normalized spacial score (nSPS) is 17.6. The highest BCUT2D eigenvalue weighted by molar-refractivity contribution is 6.33. The first-order chi connectivity index (χ1) is 9.61. The second-order valence-electron chi connectivity index (χ2n) is 5.52. The standard InChI is InChI=1S/C16H22ClNO2/c1-11(12-6-4-3-5-7-12)18-15-10-13(16(19)20-2)8-9-14(15)17/h8-12,18H,3-7H2,1-2H3. The van der Waals surface area contributed by atoms with E-state index in [9.17, 15) is 4.79 Å². The van der Waals surface area contributed by atoms with Gasteiger partial charge in [-0.1, -0.05) is 30.9 Å². The lowest BCUT2D eigenvalue weighted by Crippen LogP contribution is -2.27. The summed E-state index contributed by atoms with van der Waals surface area (Å²) in [7, 11) is 1.38. The molecular weight excluding hydrogens is 274 g/mol. The van der Waals surface area contributed by atoms with Crippen molar-refractivity contribution in [1.82, 2.24) is 0 Å². The highest BCUT2D eigenvalue weighted by atomic mass is 35.5. The van der Waals surface area contributed by atoms with Crippen LogP contribution in [0.4, 0.5) is 5.69 Å². The van der Waals surface area contributed by atoms with Crippen molar-refractivity contribution >= 4 is 23.3 Å². The van der Waals surface area contributed by atoms with Gasteiger partial charge in [-0.3, -0.25) is 0 Å². The highest BCUT2D eigenvalue weighted by Crippen LogP contribution is 2.30. The molecule has 1 unspecified atom stereocenters. The highest BCUT2D eigenvalue weighted by Gasteiger charge is 2.20. The molecule has 1 atom stereocenters. The Labute approximate surface area is 125 Å². The van der Waals surface area contributed by atoms with Crippen molar-refractivity contribution in [3.8, 4) is 0 Å². The fourth-order valence-corrected chi connectivity index (χ4v) is 3.05. The van der Waals surface area contributed by atoms with Gasteiger partial charge in [0, 0.05) is 6.04 Å². The number of carbonyl (C=O) groups excluding carboxylic acids is 1. The first-order valence-corrected chi connectivity index (χ1v) is 7.64. The average molecular weight is 296 g/mol. The van der Waals surface area contributed by atoms with Gasteiger partial charge < -0.3 is 10.1 Å². The SMILES string of the molecule is COC(=O)c1ccc(Cl)c(NC(C)C2CCCCC2)c1. The van der Waals surface area contributed by atoms with Crippen LogP contribution in [-0.4, -0.2) is 19.1 Å². The number of benzene rings is 1. The third-order valence-electron chi connectivity index (χ3n) is 4.13. The maximum Gasteiger partial charge on any atom is 0.337 e. The summed E-state index contributed by atoms with van der Waals surface area (Å²) in [5.41, 5.74) is 1.34. The number of anilines is 1. The molecule has 1 fully saturated rings. The Morgan fingerprint density at radius 1 is 1.35 bits per heavy atom. The van der Waals surface area contributed by atoms with E-state index in [0.29, 0.717) is 22.5 Å². The molecule has 1 aromatic carbocycles. The monoisotopic (exact) mass is 295 g/mol. The molecule has 0 heterocycles. The topological polar surface area (TPSA) is 38.3 Å². The largest absolute Gasteiger partial charge is 0.465 e. The maximum absolute atomic E-state index is 11.6. The summed E-state index contributed by atoms with van der Waals surface area (Å²) in [4.78, 5) is 11.6. The van der Waals surface area contributed by atoms with Crippen LogP contribution in [-0.2, 0) is 4.74 Å². The van der Waals surface area contributed by atoms with E-state index in [-0.39, 0.29) is 5.97 Å². The van der Waals surface area contributed by atoms with Crippen LogP contribution in [0.1, 0.15) is 49.4 Å². The number of halogens is 1. The molecule has 20 heavy (non-hydrogen) atoms. The van der Waals surface area contributed by atoms with Gasteiger partial charge in [-0.25, -0.2) is 4.79 Å². The van der Waals surface area contributed by atoms with Crippen molar-refractivity contribution in [3.63, 3.8) is 0 Å². The Bertz CT molecular complexity index is 470. The van der Waals surface area contributed by atoms with E-state index in [1.165, 1.54) is 39.2 Å². The molecule has 0 radical (unpaired) electrons. The zero-order valence-electron chi connectivity index (χ0n) is 12.1. The zero-order valence-corrected chi connectivity index (χ0v) is 12.9. The summed E-state index contributed by atoms with van der Waals surface area (Å²) in [5, 5.41) is 4.10. The van der Waals surface area contributed by atoms with Gasteiger partial charge in [-0.15, -0.1) is 0 Å². The van der Waals surface area contributed by atoms with Gasteiger partial charge in [0.05, 0.1) is 23.4 Å². The molecular formula is C16H22ClNO2. The van der Waals surface area contributed by atoms with Gasteiger partial charge in [0.1, 0.15) is 0 Å². The van der Waals surface area contributed by atoms with Crippen molar-refractivity contribution < 1.29 is 9.53 Å². The molecule has 110 valence electrons. The van der Waals surface area contributed by atoms with Crippen LogP contribution in [0.3, 0.4) is 0 Å². The Hall–Kier alpha value is -1.22. The van der Waals surface area contributed by atoms with Crippen LogP contribution < -0.4 is 5.32 Å². The van der Waals surface area contributed by atoms with E-state index >= 15 is 0 Å². The fourth-order valence-electron chi connectivity index (χ4n) is 2.88. The fraction of sp³-hybridized carbons (Fsp3) is 0.562. The number of hydrogen-bond donors (Lipinski definition) is 1. The van der Waals surface area contributed by atoms with Crippen LogP contribution in [0.5, 0.6) is 0 Å². The lowest BCUT2D eigenvalue weighted by atomic mass is 9.84. The van der Waals surface area contributed by atoms with Gasteiger partial charge in [0.15, 0.2) is 0 Å². The van der Waals surface area contributed by atoms with Gasteiger partial charge in [0.25, 0.3) is 0 Å². The smallest absolute Gasteiger partial charge is 0.337 e. The number of ether oxygens (including phenoxy) is 1. The van der Waals surface area contributed by atoms with Crippen molar-refractivity contribution in [2.75, 3.05) is 12.4 Å². The summed E-state index contributed by atoms with van der Waals surface area (Å²) in [6, 6.07) is 5.56. The van der Waals surface area contributed by atoms with Crippen molar-refractivity contribution in [2.45, 2.75) is 45.1 Å². The van der Waals surface area contributed by atoms with Crippen molar-refractivity contribution in [1.29, 1.82) is 0 Å². The Morgan fingerprint density at radius 2 is 2.05 bits per heavy atom. The minimum Gasteiger partial charge on any atom is -0.465 e. The molecule has 1 aliphatic carbocycles. The van der Waals surface area contributed by atoms with E-state index in [0.717, 1.165) is 5.69 Å². The zero-order chi connectivity index (χ0) is 14.5. The molecule has 0 amide bonds. The van der Waals surface area contributed by atoms with E-state index in [4.69, 9.17) is 16.3 Å². The van der Waals surface area contributed by atoms with Crippen LogP contribution in [0.15, 0.2) is 18.2 Å². The molecule has 0 spiro atoms. The predicted molar refractivity (Wildman–Crippen MR) is 82.5 cm³/mol. The molecule has 1 saturated carbocycles. The van der Waals surface area contributed by atoms with Crippen LogP contribution in [0, 0.1) is 5.92 Å². The van der Waals surface area contributed by atoms with E-state index in [1.807, 2.05) is 0 Å². The van der Waals surface area contributed by atoms with Gasteiger partial charge >= 0.3 is 5.97 Å². The summed E-state index contributed by atoms with van der Waals surface area (Å²) in [5.74, 6) is 0.344. The molecule has 1 aliphatic rings. The Morgan fingerprint density at radius 3 is 2.70 bits per heavy atom. The van der Waals surface area contributed by atoms with Crippen molar-refractivity contribution in [3.05, 3.63) is 28.8 Å². The van der Waals surface area contributed by atoms with Gasteiger partial charge in [0.2, 0.25) is 0 Å². The molecule has 2 rings (SSSR count). The van der Waals surface area contributed by atoms with Crippen LogP contribution >= 0.6 is 11.6 Å². The Kier molecular flexibility index (Phi) is 5.30. The molecule has 3 nitrogen and oxygen atoms in total. The lowest BCUT2D eigenvalue weighted by Gasteiger charge is -2.29. The van der Waals surface area contributed by atoms with E-state index in [2.05, 4.69) is 12.2 Å². The summed E-state index contributed by atoms with van der Waals surface area (Å²) in [6.45, 7) is 2.19.